The van der Waals surface area contributed by atoms with Crippen molar-refractivity contribution < 1.29 is 25.0 Å². The molecule has 3 aromatic rings. The molecule has 2 aromatic carbocycles. The lowest BCUT2D eigenvalue weighted by Crippen LogP contribution is -2.14. The first-order valence-electron chi connectivity index (χ1n) is 14.3. The van der Waals surface area contributed by atoms with Gasteiger partial charge in [0.2, 0.25) is 5.91 Å². The first kappa shape index (κ1) is 10.9. The first-order chi connectivity index (χ1) is 18.5. The number of nitrogen functional groups attached to an aromatic ring is 1. The molecular weight excluding hydrogens is 382 g/mol. The van der Waals surface area contributed by atoms with Gasteiger partial charge in [0.05, 0.1) is 30.6 Å². The van der Waals surface area contributed by atoms with E-state index in [0.717, 1.165) is 11.3 Å². The Labute approximate surface area is 191 Å². The van der Waals surface area contributed by atoms with Crippen molar-refractivity contribution in [1.29, 1.82) is 0 Å². The molecule has 1 amide bonds. The number of benzene rings is 2. The smallest absolute Gasteiger partial charge is 0.230 e. The number of hydrogen-bond donors (Lipinski definition) is 3. The average Bonchev–Trinajstić information content (AvgIpc) is 3.20. The van der Waals surface area contributed by atoms with Crippen molar-refractivity contribution in [2.75, 3.05) is 11.1 Å². The fourth-order valence-corrected chi connectivity index (χ4v) is 2.83. The number of anilines is 2. The fourth-order valence-electron chi connectivity index (χ4n) is 2.34. The largest absolute Gasteiger partial charge is 0.388 e. The van der Waals surface area contributed by atoms with Gasteiger partial charge in [0, 0.05) is 13.8 Å². The first-order valence-corrected chi connectivity index (χ1v) is 9.64. The van der Waals surface area contributed by atoms with Crippen molar-refractivity contribution in [3.63, 3.8) is 0 Å². The van der Waals surface area contributed by atoms with Gasteiger partial charge in [0.25, 0.3) is 0 Å². The third-order valence-electron chi connectivity index (χ3n) is 3.79. The van der Waals surface area contributed by atoms with Crippen LogP contribution in [0.25, 0.3) is 0 Å². The Kier molecular flexibility index (Phi) is 3.83. The van der Waals surface area contributed by atoms with E-state index in [0.29, 0.717) is 0 Å². The molecule has 3 rings (SSSR count). The predicted molar refractivity (Wildman–Crippen MR) is 119 cm³/mol. The number of nitrogens with two attached hydrogens (primary N) is 1. The van der Waals surface area contributed by atoms with E-state index in [9.17, 15) is 9.90 Å². The van der Waals surface area contributed by atoms with E-state index in [1.165, 1.54) is 6.92 Å². The van der Waals surface area contributed by atoms with E-state index in [-0.39, 0.29) is 64.2 Å². The van der Waals surface area contributed by atoms with Crippen molar-refractivity contribution in [1.82, 2.24) is 4.98 Å². The second-order valence-electron chi connectivity index (χ2n) is 6.20. The molecule has 0 spiro atoms. The lowest BCUT2D eigenvalue weighted by molar-refractivity contribution is -0.115. The van der Waals surface area contributed by atoms with E-state index >= 15 is 0 Å². The summed E-state index contributed by atoms with van der Waals surface area (Å²) in [5.74, 6) is -0.734. The standard InChI is InChI=1S/C23H27N3O2S/c1-16-6-10-18(11-7-16)21(27)5-3-2-4-17-8-12-19(13-9-17)25-22(28)14-20-15-29-23(24)26-20/h6-13,15,21,27H,2-5,14H2,1H3,(H2,24,26)(H,25,28)/t21-/m0/s1/i2D2,6D,7D,8D,9D,10D,11D,12D,13D,15D. The summed E-state index contributed by atoms with van der Waals surface area (Å²) in [6, 6.07) is -3.73. The second-order valence-corrected chi connectivity index (χ2v) is 7.03. The van der Waals surface area contributed by atoms with Crippen LogP contribution in [0.2, 0.25) is 0 Å². The Morgan fingerprint density at radius 3 is 2.66 bits per heavy atom. The molecule has 6 heteroatoms. The van der Waals surface area contributed by atoms with Crippen LogP contribution in [0.1, 0.15) is 62.8 Å². The monoisotopic (exact) mass is 420 g/mol. The molecule has 0 aliphatic heterocycles. The maximum atomic E-state index is 12.5. The number of carbonyl (C=O) groups is 1. The van der Waals surface area contributed by atoms with Crippen LogP contribution in [0, 0.1) is 6.92 Å². The third kappa shape index (κ3) is 6.69. The second kappa shape index (κ2) is 10.2. The summed E-state index contributed by atoms with van der Waals surface area (Å²) >= 11 is 0.876. The number of hydrogen-bond acceptors (Lipinski definition) is 5. The molecule has 152 valence electrons. The quantitative estimate of drug-likeness (QED) is 0.470. The number of thiazole rings is 1. The Hall–Kier alpha value is -2.70. The minimum atomic E-state index is -2.14. The highest BCUT2D eigenvalue weighted by molar-refractivity contribution is 7.13. The third-order valence-corrected chi connectivity index (χ3v) is 4.42. The molecule has 0 saturated carbocycles. The Balaban J connectivity index is 1.79. The zero-order valence-corrected chi connectivity index (χ0v) is 16.5. The number of aromatic nitrogens is 1. The van der Waals surface area contributed by atoms with E-state index < -0.39 is 66.7 Å². The molecule has 29 heavy (non-hydrogen) atoms. The van der Waals surface area contributed by atoms with Crippen LogP contribution in [0.15, 0.2) is 53.7 Å². The van der Waals surface area contributed by atoms with Gasteiger partial charge in [-0.25, -0.2) is 4.98 Å². The zero-order valence-electron chi connectivity index (χ0n) is 26.7. The van der Waals surface area contributed by atoms with E-state index in [2.05, 4.69) is 10.3 Å². The summed E-state index contributed by atoms with van der Waals surface area (Å²) in [4.78, 5) is 16.3. The fraction of sp³-hybridized carbons (Fsp3) is 0.304. The molecule has 0 saturated heterocycles. The van der Waals surface area contributed by atoms with Gasteiger partial charge in [-0.05, 0) is 49.4 Å². The van der Waals surface area contributed by atoms with Crippen LogP contribution in [0.4, 0.5) is 10.8 Å². The van der Waals surface area contributed by atoms with Crippen LogP contribution in [0.5, 0.6) is 0 Å². The Morgan fingerprint density at radius 1 is 1.28 bits per heavy atom. The Morgan fingerprint density at radius 2 is 2.00 bits per heavy atom. The van der Waals surface area contributed by atoms with Crippen molar-refractivity contribution in [3.05, 3.63) is 76.1 Å². The van der Waals surface area contributed by atoms with E-state index in [1.54, 1.807) is 0 Å². The normalized spacial score (nSPS) is 17.8. The van der Waals surface area contributed by atoms with Gasteiger partial charge in [0.15, 0.2) is 5.13 Å². The molecule has 1 aromatic heterocycles. The van der Waals surface area contributed by atoms with Crippen molar-refractivity contribution in [2.24, 2.45) is 0 Å². The van der Waals surface area contributed by atoms with Crippen molar-refractivity contribution in [3.8, 4) is 0 Å². The number of amides is 1. The highest BCUT2D eigenvalue weighted by Crippen LogP contribution is 2.21. The summed E-state index contributed by atoms with van der Waals surface area (Å²) in [6.07, 6.45) is -5.24. The predicted octanol–water partition coefficient (Wildman–Crippen LogP) is 4.66. The van der Waals surface area contributed by atoms with Crippen molar-refractivity contribution in [2.45, 2.75) is 45.1 Å². The van der Waals surface area contributed by atoms with Gasteiger partial charge in [-0.3, -0.25) is 4.79 Å². The van der Waals surface area contributed by atoms with Crippen LogP contribution >= 0.6 is 11.3 Å². The minimum absolute atomic E-state index is 0.0181. The maximum Gasteiger partial charge on any atom is 0.230 e. The molecule has 0 aliphatic rings. The van der Waals surface area contributed by atoms with E-state index in [4.69, 9.17) is 20.8 Å². The van der Waals surface area contributed by atoms with Crippen LogP contribution < -0.4 is 11.1 Å². The van der Waals surface area contributed by atoms with Crippen LogP contribution in [-0.4, -0.2) is 16.0 Å². The molecule has 1 heterocycles. The summed E-state index contributed by atoms with van der Waals surface area (Å²) in [6.45, 7) is 1.43. The zero-order chi connectivity index (χ0) is 30.3. The molecule has 1 atom stereocenters. The van der Waals surface area contributed by atoms with Crippen LogP contribution in [0.3, 0.4) is 0 Å². The number of carbonyl (C=O) groups excluding carboxylic acids is 1. The lowest BCUT2D eigenvalue weighted by atomic mass is 10.0. The van der Waals surface area contributed by atoms with Gasteiger partial charge < -0.3 is 16.2 Å². The number of aliphatic hydroxyl groups is 1. The van der Waals surface area contributed by atoms with E-state index in [1.807, 2.05) is 0 Å². The average molecular weight is 421 g/mol. The van der Waals surface area contributed by atoms with Gasteiger partial charge in [-0.1, -0.05) is 48.2 Å². The molecule has 4 N–H and O–H groups in total. The molecule has 0 bridgehead atoms. The number of nitrogens with zero attached hydrogens (tertiary/aromatic N) is 1. The summed E-state index contributed by atoms with van der Waals surface area (Å²) in [5.41, 5.74) is 4.85. The molecule has 0 fully saturated rings. The molecule has 5 nitrogen and oxygen atoms in total. The van der Waals surface area contributed by atoms with Gasteiger partial charge in [0.1, 0.15) is 0 Å². The number of aliphatic hydroxyl groups excluding tert-OH is 1. The van der Waals surface area contributed by atoms with Gasteiger partial charge in [-0.15, -0.1) is 11.3 Å². The number of rotatable bonds is 9. The maximum absolute atomic E-state index is 12.5. The SMILES string of the molecule is [2H]c1sc(N)nc1CC(=O)Nc1c([2H])c([2H])c(CC([2H])([2H])CC[C@H](O)c2c([2H])c([2H])c(C)c([2H])c2[2H])c([2H])c1[2H]. The minimum Gasteiger partial charge on any atom is -0.388 e. The van der Waals surface area contributed by atoms with Gasteiger partial charge in [-0.2, -0.15) is 0 Å². The topological polar surface area (TPSA) is 88.2 Å². The molecule has 0 radical (unpaired) electrons. The molecular formula is C23H27N3O2S. The van der Waals surface area contributed by atoms with Crippen LogP contribution in [-0.2, 0) is 17.6 Å². The highest BCUT2D eigenvalue weighted by Gasteiger charge is 2.08. The van der Waals surface area contributed by atoms with Gasteiger partial charge >= 0.3 is 0 Å². The molecule has 0 unspecified atom stereocenters. The Bertz CT molecular complexity index is 1420. The summed E-state index contributed by atoms with van der Waals surface area (Å²) in [7, 11) is 0. The summed E-state index contributed by atoms with van der Waals surface area (Å²) < 4.78 is 89.8. The van der Waals surface area contributed by atoms with Crippen molar-refractivity contribution >= 4 is 28.1 Å². The molecule has 0 aliphatic carbocycles. The highest BCUT2D eigenvalue weighted by atomic mass is 32.1. The number of nitrogens with one attached hydrogen (secondary N) is 1. The lowest BCUT2D eigenvalue weighted by Gasteiger charge is -2.11. The summed E-state index contributed by atoms with van der Waals surface area (Å²) in [5, 5.41) is 13.0.